The number of rotatable bonds is 2. The highest BCUT2D eigenvalue weighted by atomic mass is 32.1. The van der Waals surface area contributed by atoms with Crippen LogP contribution in [0.4, 0.5) is 10.1 Å². The SMILES string of the molecule is O=C(Nc1ccc2ncsc2c1)c1ccc(F)cc1. The first-order valence-corrected chi connectivity index (χ1v) is 6.50. The number of carbonyl (C=O) groups is 1. The number of nitrogens with zero attached hydrogens (tertiary/aromatic N) is 1. The maximum Gasteiger partial charge on any atom is 0.255 e. The number of fused-ring (bicyclic) bond motifs is 1. The summed E-state index contributed by atoms with van der Waals surface area (Å²) in [6, 6.07) is 11.0. The van der Waals surface area contributed by atoms with Crippen molar-refractivity contribution in [2.24, 2.45) is 0 Å². The molecule has 0 spiro atoms. The van der Waals surface area contributed by atoms with Crippen molar-refractivity contribution in [2.45, 2.75) is 0 Å². The number of halogens is 1. The third-order valence-electron chi connectivity index (χ3n) is 2.70. The lowest BCUT2D eigenvalue weighted by atomic mass is 10.2. The molecule has 1 N–H and O–H groups in total. The van der Waals surface area contributed by atoms with E-state index in [0.717, 1.165) is 10.2 Å². The number of anilines is 1. The fourth-order valence-electron chi connectivity index (χ4n) is 1.74. The van der Waals surface area contributed by atoms with Crippen LogP contribution in [-0.2, 0) is 0 Å². The average molecular weight is 272 g/mol. The minimum atomic E-state index is -0.359. The highest BCUT2D eigenvalue weighted by molar-refractivity contribution is 7.16. The Labute approximate surface area is 112 Å². The van der Waals surface area contributed by atoms with Crippen molar-refractivity contribution in [1.82, 2.24) is 4.98 Å². The monoisotopic (exact) mass is 272 g/mol. The van der Waals surface area contributed by atoms with Crippen molar-refractivity contribution < 1.29 is 9.18 Å². The number of benzene rings is 2. The Hall–Kier alpha value is -2.27. The van der Waals surface area contributed by atoms with E-state index in [1.165, 1.54) is 35.6 Å². The number of nitrogens with one attached hydrogen (secondary N) is 1. The van der Waals surface area contributed by atoms with Gasteiger partial charge < -0.3 is 5.32 Å². The normalized spacial score (nSPS) is 10.6. The second-order valence-electron chi connectivity index (χ2n) is 4.00. The molecule has 5 heteroatoms. The standard InChI is InChI=1S/C14H9FN2OS/c15-10-3-1-9(2-4-10)14(18)17-11-5-6-12-13(7-11)19-8-16-12/h1-8H,(H,17,18). The Balaban J connectivity index is 1.83. The molecule has 19 heavy (non-hydrogen) atoms. The van der Waals surface area contributed by atoms with E-state index >= 15 is 0 Å². The largest absolute Gasteiger partial charge is 0.322 e. The van der Waals surface area contributed by atoms with Crippen LogP contribution in [0.15, 0.2) is 48.0 Å². The third kappa shape index (κ3) is 2.46. The number of hydrogen-bond acceptors (Lipinski definition) is 3. The topological polar surface area (TPSA) is 42.0 Å². The summed E-state index contributed by atoms with van der Waals surface area (Å²) in [6.07, 6.45) is 0. The van der Waals surface area contributed by atoms with Crippen molar-refractivity contribution in [2.75, 3.05) is 5.32 Å². The van der Waals surface area contributed by atoms with Gasteiger partial charge in [0, 0.05) is 11.3 Å². The van der Waals surface area contributed by atoms with Crippen LogP contribution in [-0.4, -0.2) is 10.9 Å². The molecular weight excluding hydrogens is 263 g/mol. The molecule has 3 nitrogen and oxygen atoms in total. The molecule has 0 unspecified atom stereocenters. The summed E-state index contributed by atoms with van der Waals surface area (Å²) in [5.41, 5.74) is 3.79. The Morgan fingerprint density at radius 2 is 1.95 bits per heavy atom. The van der Waals surface area contributed by atoms with Gasteiger partial charge in [0.25, 0.3) is 5.91 Å². The summed E-state index contributed by atoms with van der Waals surface area (Å²) >= 11 is 1.51. The van der Waals surface area contributed by atoms with Gasteiger partial charge in [-0.05, 0) is 42.5 Å². The summed E-state index contributed by atoms with van der Waals surface area (Å²) in [5.74, 6) is -0.619. The van der Waals surface area contributed by atoms with Gasteiger partial charge in [-0.25, -0.2) is 9.37 Å². The number of aromatic nitrogens is 1. The number of thiazole rings is 1. The molecular formula is C14H9FN2OS. The zero-order valence-electron chi connectivity index (χ0n) is 9.76. The van der Waals surface area contributed by atoms with Crippen LogP contribution in [0.25, 0.3) is 10.2 Å². The second-order valence-corrected chi connectivity index (χ2v) is 4.88. The predicted octanol–water partition coefficient (Wildman–Crippen LogP) is 3.69. The molecule has 0 fully saturated rings. The minimum absolute atomic E-state index is 0.260. The molecule has 0 saturated heterocycles. The van der Waals surface area contributed by atoms with Crippen LogP contribution in [0.1, 0.15) is 10.4 Å². The molecule has 1 amide bonds. The molecule has 0 atom stereocenters. The van der Waals surface area contributed by atoms with Gasteiger partial charge in [0.15, 0.2) is 0 Å². The van der Waals surface area contributed by atoms with E-state index in [-0.39, 0.29) is 11.7 Å². The van der Waals surface area contributed by atoms with Crippen LogP contribution in [0, 0.1) is 5.82 Å². The average Bonchev–Trinajstić information content (AvgIpc) is 2.87. The van der Waals surface area contributed by atoms with Crippen molar-refractivity contribution in [3.05, 3.63) is 59.4 Å². The maximum absolute atomic E-state index is 12.8. The molecule has 94 valence electrons. The summed E-state index contributed by atoms with van der Waals surface area (Å²) < 4.78 is 13.8. The second kappa shape index (κ2) is 4.78. The van der Waals surface area contributed by atoms with Gasteiger partial charge >= 0.3 is 0 Å². The van der Waals surface area contributed by atoms with E-state index in [9.17, 15) is 9.18 Å². The minimum Gasteiger partial charge on any atom is -0.322 e. The molecule has 0 aliphatic rings. The molecule has 0 saturated carbocycles. The van der Waals surface area contributed by atoms with Gasteiger partial charge in [-0.3, -0.25) is 4.79 Å². The van der Waals surface area contributed by atoms with Gasteiger partial charge in [-0.2, -0.15) is 0 Å². The molecule has 0 radical (unpaired) electrons. The van der Waals surface area contributed by atoms with Crippen molar-refractivity contribution in [3.8, 4) is 0 Å². The van der Waals surface area contributed by atoms with Crippen LogP contribution in [0.3, 0.4) is 0 Å². The van der Waals surface area contributed by atoms with Crippen molar-refractivity contribution in [3.63, 3.8) is 0 Å². The number of hydrogen-bond donors (Lipinski definition) is 1. The van der Waals surface area contributed by atoms with E-state index < -0.39 is 0 Å². The van der Waals surface area contributed by atoms with Crippen LogP contribution in [0.2, 0.25) is 0 Å². The lowest BCUT2D eigenvalue weighted by molar-refractivity contribution is 0.102. The summed E-state index contributed by atoms with van der Waals surface area (Å²) in [4.78, 5) is 16.1. The quantitative estimate of drug-likeness (QED) is 0.773. The predicted molar refractivity (Wildman–Crippen MR) is 74.0 cm³/mol. The highest BCUT2D eigenvalue weighted by Crippen LogP contribution is 2.22. The summed E-state index contributed by atoms with van der Waals surface area (Å²) in [5, 5.41) is 2.78. The van der Waals surface area contributed by atoms with Gasteiger partial charge in [-0.1, -0.05) is 0 Å². The number of amides is 1. The molecule has 1 heterocycles. The number of carbonyl (C=O) groups excluding carboxylic acids is 1. The van der Waals surface area contributed by atoms with E-state index in [1.54, 1.807) is 11.6 Å². The van der Waals surface area contributed by atoms with Gasteiger partial charge in [0.1, 0.15) is 5.82 Å². The van der Waals surface area contributed by atoms with E-state index in [1.807, 2.05) is 12.1 Å². The zero-order valence-corrected chi connectivity index (χ0v) is 10.6. The van der Waals surface area contributed by atoms with Crippen molar-refractivity contribution >= 4 is 33.1 Å². The van der Waals surface area contributed by atoms with Crippen LogP contribution < -0.4 is 5.32 Å². The lowest BCUT2D eigenvalue weighted by Gasteiger charge is -2.05. The van der Waals surface area contributed by atoms with Crippen molar-refractivity contribution in [1.29, 1.82) is 0 Å². The molecule has 3 aromatic rings. The van der Waals surface area contributed by atoms with E-state index in [2.05, 4.69) is 10.3 Å². The lowest BCUT2D eigenvalue weighted by Crippen LogP contribution is -2.11. The van der Waals surface area contributed by atoms with Gasteiger partial charge in [-0.15, -0.1) is 11.3 Å². The smallest absolute Gasteiger partial charge is 0.255 e. The fourth-order valence-corrected chi connectivity index (χ4v) is 2.45. The first-order chi connectivity index (χ1) is 9.22. The zero-order chi connectivity index (χ0) is 13.2. The first-order valence-electron chi connectivity index (χ1n) is 5.62. The first kappa shape index (κ1) is 11.8. The summed E-state index contributed by atoms with van der Waals surface area (Å²) in [6.45, 7) is 0. The molecule has 2 aromatic carbocycles. The summed E-state index contributed by atoms with van der Waals surface area (Å²) in [7, 11) is 0. The van der Waals surface area contributed by atoms with Crippen LogP contribution in [0.5, 0.6) is 0 Å². The third-order valence-corrected chi connectivity index (χ3v) is 3.49. The highest BCUT2D eigenvalue weighted by Gasteiger charge is 2.07. The molecule has 0 aliphatic heterocycles. The Morgan fingerprint density at radius 1 is 1.16 bits per heavy atom. The van der Waals surface area contributed by atoms with Crippen LogP contribution >= 0.6 is 11.3 Å². The molecule has 1 aromatic heterocycles. The van der Waals surface area contributed by atoms with E-state index in [4.69, 9.17) is 0 Å². The van der Waals surface area contributed by atoms with E-state index in [0.29, 0.717) is 11.3 Å². The van der Waals surface area contributed by atoms with Gasteiger partial charge in [0.05, 0.1) is 15.7 Å². The Kier molecular flexibility index (Phi) is 2.97. The molecule has 3 rings (SSSR count). The van der Waals surface area contributed by atoms with Gasteiger partial charge in [0.2, 0.25) is 0 Å². The molecule has 0 aliphatic carbocycles. The Bertz CT molecular complexity index is 737. The Morgan fingerprint density at radius 3 is 2.74 bits per heavy atom. The fraction of sp³-hybridized carbons (Fsp3) is 0. The molecule has 0 bridgehead atoms. The maximum atomic E-state index is 12.8.